The molecular formula is C16H24N3O9P. The van der Waals surface area contributed by atoms with E-state index in [-0.39, 0.29) is 17.8 Å². The summed E-state index contributed by atoms with van der Waals surface area (Å²) in [5, 5.41) is 10.0. The molecule has 13 heteroatoms. The van der Waals surface area contributed by atoms with E-state index in [2.05, 4.69) is 9.51 Å². The number of hydrogen-bond donors (Lipinski definition) is 4. The number of nitrogens with zero attached hydrogens (tertiary/aromatic N) is 2. The van der Waals surface area contributed by atoms with Crippen molar-refractivity contribution in [3.63, 3.8) is 0 Å². The molecule has 0 bridgehead atoms. The number of anilines is 1. The van der Waals surface area contributed by atoms with Crippen LogP contribution < -0.4 is 11.4 Å². The first kappa shape index (κ1) is 23.2. The van der Waals surface area contributed by atoms with Gasteiger partial charge >= 0.3 is 19.5 Å². The number of rotatable bonds is 9. The molecular weight excluding hydrogens is 409 g/mol. The summed E-state index contributed by atoms with van der Waals surface area (Å²) in [5.74, 6) is -0.679. The van der Waals surface area contributed by atoms with E-state index in [0.717, 1.165) is 23.5 Å². The second-order valence-corrected chi connectivity index (χ2v) is 7.58. The minimum Gasteiger partial charge on any atom is -0.463 e. The normalized spacial score (nSPS) is 22.3. The summed E-state index contributed by atoms with van der Waals surface area (Å²) < 4.78 is 26.7. The van der Waals surface area contributed by atoms with Gasteiger partial charge in [0.1, 0.15) is 18.1 Å². The molecule has 3 atom stereocenters. The van der Waals surface area contributed by atoms with Crippen LogP contribution in [0.4, 0.5) is 5.82 Å². The van der Waals surface area contributed by atoms with Gasteiger partial charge in [-0.2, -0.15) is 4.98 Å². The van der Waals surface area contributed by atoms with Gasteiger partial charge in [0.2, 0.25) is 0 Å². The van der Waals surface area contributed by atoms with E-state index in [9.17, 15) is 19.3 Å². The number of phosphoric acid groups is 1. The van der Waals surface area contributed by atoms with Crippen molar-refractivity contribution >= 4 is 25.7 Å². The van der Waals surface area contributed by atoms with Crippen molar-refractivity contribution in [3.05, 3.63) is 28.3 Å². The van der Waals surface area contributed by atoms with Crippen LogP contribution in [0.3, 0.4) is 0 Å². The minimum absolute atomic E-state index is 0.0388. The lowest BCUT2D eigenvalue weighted by Gasteiger charge is -2.17. The SMILES string of the molecule is CCCCOC(=O)/C=C/c1cn([C@H]2C[C@H](O)[C@@H](COP(=O)(O)O)O2)c(=O)nc1N. The molecule has 1 aliphatic heterocycles. The molecule has 0 spiro atoms. The Kier molecular flexibility index (Phi) is 8.08. The third kappa shape index (κ3) is 7.03. The maximum absolute atomic E-state index is 12.2. The largest absolute Gasteiger partial charge is 0.469 e. The molecule has 0 unspecified atom stereocenters. The standard InChI is InChI=1S/C16H24N3O9P/c1-2-3-6-26-14(21)5-4-10-8-19(16(22)18-15(10)17)13-7-11(20)12(28-13)9-27-29(23,24)25/h4-5,8,11-13,20H,2-3,6-7,9H2,1H3,(H2,17,18,22)(H2,23,24,25)/b5-4+/t11-,12+,13+/m0/s1. The second kappa shape index (κ2) is 10.1. The second-order valence-electron chi connectivity index (χ2n) is 6.34. The van der Waals surface area contributed by atoms with E-state index in [0.29, 0.717) is 6.61 Å². The zero-order valence-corrected chi connectivity index (χ0v) is 16.6. The molecule has 1 saturated heterocycles. The number of nitrogen functional groups attached to an aromatic ring is 1. The molecule has 2 heterocycles. The first-order chi connectivity index (χ1) is 13.6. The third-order valence-corrected chi connectivity index (χ3v) is 4.56. The van der Waals surface area contributed by atoms with Gasteiger partial charge in [0.15, 0.2) is 0 Å². The van der Waals surface area contributed by atoms with Gasteiger partial charge in [-0.1, -0.05) is 13.3 Å². The van der Waals surface area contributed by atoms with Crippen molar-refractivity contribution in [2.24, 2.45) is 0 Å². The first-order valence-electron chi connectivity index (χ1n) is 8.87. The number of esters is 1. The van der Waals surface area contributed by atoms with Crippen LogP contribution in [-0.4, -0.2) is 55.8 Å². The van der Waals surface area contributed by atoms with E-state index in [1.54, 1.807) is 0 Å². The fourth-order valence-corrected chi connectivity index (χ4v) is 2.90. The maximum atomic E-state index is 12.2. The van der Waals surface area contributed by atoms with Gasteiger partial charge < -0.3 is 30.1 Å². The predicted octanol–water partition coefficient (Wildman–Crippen LogP) is -0.0603. The smallest absolute Gasteiger partial charge is 0.463 e. The van der Waals surface area contributed by atoms with Crippen LogP contribution in [0.1, 0.15) is 38.0 Å². The van der Waals surface area contributed by atoms with Crippen molar-refractivity contribution in [3.8, 4) is 0 Å². The van der Waals surface area contributed by atoms with E-state index in [4.69, 9.17) is 25.0 Å². The zero-order valence-electron chi connectivity index (χ0n) is 15.7. The van der Waals surface area contributed by atoms with Crippen LogP contribution in [0, 0.1) is 0 Å². The van der Waals surface area contributed by atoms with Gasteiger partial charge in [-0.05, 0) is 12.5 Å². The van der Waals surface area contributed by atoms with Crippen LogP contribution in [0.25, 0.3) is 6.08 Å². The number of aliphatic hydroxyl groups excluding tert-OH is 1. The maximum Gasteiger partial charge on any atom is 0.469 e. The molecule has 5 N–H and O–H groups in total. The Labute approximate surface area is 166 Å². The lowest BCUT2D eigenvalue weighted by molar-refractivity contribution is -0.137. The van der Waals surface area contributed by atoms with Crippen molar-refractivity contribution < 1.29 is 38.3 Å². The van der Waals surface area contributed by atoms with E-state index in [1.165, 1.54) is 12.3 Å². The van der Waals surface area contributed by atoms with Crippen molar-refractivity contribution in [2.45, 2.75) is 44.6 Å². The Morgan fingerprint density at radius 2 is 2.24 bits per heavy atom. The van der Waals surface area contributed by atoms with Crippen molar-refractivity contribution in [2.75, 3.05) is 18.9 Å². The van der Waals surface area contributed by atoms with Gasteiger partial charge in [0.25, 0.3) is 0 Å². The molecule has 0 aromatic carbocycles. The molecule has 162 valence electrons. The summed E-state index contributed by atoms with van der Waals surface area (Å²) in [4.78, 5) is 45.0. The molecule has 1 aromatic rings. The average Bonchev–Trinajstić information content (AvgIpc) is 2.99. The Morgan fingerprint density at radius 3 is 2.90 bits per heavy atom. The monoisotopic (exact) mass is 433 g/mol. The highest BCUT2D eigenvalue weighted by molar-refractivity contribution is 7.46. The van der Waals surface area contributed by atoms with Crippen LogP contribution in [0.15, 0.2) is 17.1 Å². The predicted molar refractivity (Wildman–Crippen MR) is 100 cm³/mol. The van der Waals surface area contributed by atoms with E-state index < -0.39 is 44.5 Å². The highest BCUT2D eigenvalue weighted by atomic mass is 31.2. The Bertz CT molecular complexity index is 851. The van der Waals surface area contributed by atoms with Gasteiger partial charge in [-0.15, -0.1) is 0 Å². The molecule has 0 amide bonds. The number of carbonyl (C=O) groups excluding carboxylic acids is 1. The molecule has 0 saturated carbocycles. The summed E-state index contributed by atoms with van der Waals surface area (Å²) in [6, 6.07) is 0. The van der Waals surface area contributed by atoms with Gasteiger partial charge in [-0.25, -0.2) is 14.2 Å². The van der Waals surface area contributed by atoms with Gasteiger partial charge in [-0.3, -0.25) is 9.09 Å². The Hall–Kier alpha value is -2.08. The fourth-order valence-electron chi connectivity index (χ4n) is 2.56. The quantitative estimate of drug-likeness (QED) is 0.177. The summed E-state index contributed by atoms with van der Waals surface area (Å²) in [6.45, 7) is 1.69. The summed E-state index contributed by atoms with van der Waals surface area (Å²) in [5.41, 5.74) is 5.23. The highest BCUT2D eigenvalue weighted by Crippen LogP contribution is 2.38. The van der Waals surface area contributed by atoms with E-state index >= 15 is 0 Å². The number of nitrogens with two attached hydrogens (primary N) is 1. The Morgan fingerprint density at radius 1 is 1.52 bits per heavy atom. The molecule has 29 heavy (non-hydrogen) atoms. The molecule has 0 aliphatic carbocycles. The van der Waals surface area contributed by atoms with Gasteiger partial charge in [0, 0.05) is 24.3 Å². The molecule has 0 radical (unpaired) electrons. The molecule has 1 aliphatic rings. The van der Waals surface area contributed by atoms with Crippen molar-refractivity contribution in [1.82, 2.24) is 9.55 Å². The fraction of sp³-hybridized carbons (Fsp3) is 0.562. The zero-order chi connectivity index (χ0) is 21.6. The van der Waals surface area contributed by atoms with Crippen LogP contribution >= 0.6 is 7.82 Å². The molecule has 1 aromatic heterocycles. The van der Waals surface area contributed by atoms with Crippen LogP contribution in [0.2, 0.25) is 0 Å². The van der Waals surface area contributed by atoms with Crippen LogP contribution in [-0.2, 0) is 23.4 Å². The van der Waals surface area contributed by atoms with E-state index in [1.807, 2.05) is 6.92 Å². The van der Waals surface area contributed by atoms with Gasteiger partial charge in [0.05, 0.1) is 19.3 Å². The van der Waals surface area contributed by atoms with Crippen LogP contribution in [0.5, 0.6) is 0 Å². The number of phosphoric ester groups is 1. The number of hydrogen-bond acceptors (Lipinski definition) is 9. The lowest BCUT2D eigenvalue weighted by Crippen LogP contribution is -2.29. The number of aliphatic hydroxyl groups is 1. The summed E-state index contributed by atoms with van der Waals surface area (Å²) in [7, 11) is -4.73. The topological polar surface area (TPSA) is 183 Å². The average molecular weight is 433 g/mol. The molecule has 1 fully saturated rings. The van der Waals surface area contributed by atoms with Crippen molar-refractivity contribution in [1.29, 1.82) is 0 Å². The minimum atomic E-state index is -4.73. The molecule has 2 rings (SSSR count). The first-order valence-corrected chi connectivity index (χ1v) is 10.4. The number of unbranched alkanes of at least 4 members (excludes halogenated alkanes) is 1. The highest BCUT2D eigenvalue weighted by Gasteiger charge is 2.37. The number of aromatic nitrogens is 2. The number of carbonyl (C=O) groups is 1. The Balaban J connectivity index is 2.12. The third-order valence-electron chi connectivity index (χ3n) is 4.07. The summed E-state index contributed by atoms with van der Waals surface area (Å²) in [6.07, 6.45) is 2.25. The lowest BCUT2D eigenvalue weighted by atomic mass is 10.2. The summed E-state index contributed by atoms with van der Waals surface area (Å²) >= 11 is 0. The number of ether oxygens (including phenoxy) is 2. The molecule has 12 nitrogen and oxygen atoms in total.